The number of H-pyrrole nitrogens is 1. The molecule has 0 saturated carbocycles. The first-order valence-corrected chi connectivity index (χ1v) is 9.07. The van der Waals surface area contributed by atoms with Crippen molar-refractivity contribution < 1.29 is 4.79 Å². The molecule has 7 heteroatoms. The Bertz CT molecular complexity index is 834. The summed E-state index contributed by atoms with van der Waals surface area (Å²) in [5.74, 6) is -0.167. The standard InChI is InChI=1S/C18H19N5OS/c1-22-7-9-23(10-8-22)18-20-17(24)15(25-18)11-14-12-19-21-16(14)13-5-3-2-4-6-13/h2-6,11-12H,7-10H2,1H3,(H,19,21)/b15-11+. The SMILES string of the molecule is CN1CCN(C2=NC(=O)/C(=C\c3cn[nH]c3-c3ccccc3)S2)CC1. The molecule has 2 aliphatic heterocycles. The molecular formula is C18H19N5OS. The Kier molecular flexibility index (Phi) is 4.42. The number of hydrogen-bond donors (Lipinski definition) is 1. The van der Waals surface area contributed by atoms with Crippen molar-refractivity contribution in [2.75, 3.05) is 33.2 Å². The lowest BCUT2D eigenvalue weighted by atomic mass is 10.1. The first kappa shape index (κ1) is 16.1. The number of hydrogen-bond acceptors (Lipinski definition) is 5. The van der Waals surface area contributed by atoms with Crippen LogP contribution in [-0.2, 0) is 4.79 Å². The van der Waals surface area contributed by atoms with E-state index in [4.69, 9.17) is 0 Å². The minimum Gasteiger partial charge on any atom is -0.348 e. The highest BCUT2D eigenvalue weighted by Gasteiger charge is 2.28. The molecule has 3 heterocycles. The average molecular weight is 353 g/mol. The van der Waals surface area contributed by atoms with Gasteiger partial charge < -0.3 is 9.80 Å². The van der Waals surface area contributed by atoms with Crippen molar-refractivity contribution >= 4 is 28.9 Å². The van der Waals surface area contributed by atoms with Crippen LogP contribution in [0.25, 0.3) is 17.3 Å². The van der Waals surface area contributed by atoms with Crippen molar-refractivity contribution in [3.05, 3.63) is 47.0 Å². The van der Waals surface area contributed by atoms with E-state index in [0.717, 1.165) is 48.2 Å². The van der Waals surface area contributed by atoms with Gasteiger partial charge in [-0.2, -0.15) is 10.1 Å². The normalized spacial score (nSPS) is 20.4. The van der Waals surface area contributed by atoms with Gasteiger partial charge in [0, 0.05) is 37.3 Å². The number of thioether (sulfide) groups is 1. The summed E-state index contributed by atoms with van der Waals surface area (Å²) in [6, 6.07) is 9.98. The number of nitrogens with zero attached hydrogens (tertiary/aromatic N) is 4. The molecule has 0 spiro atoms. The Hall–Kier alpha value is -2.38. The van der Waals surface area contributed by atoms with Gasteiger partial charge in [-0.3, -0.25) is 9.89 Å². The molecule has 0 bridgehead atoms. The smallest absolute Gasteiger partial charge is 0.286 e. The molecule has 25 heavy (non-hydrogen) atoms. The van der Waals surface area contributed by atoms with Crippen LogP contribution in [0.5, 0.6) is 0 Å². The molecule has 1 amide bonds. The minimum absolute atomic E-state index is 0.167. The van der Waals surface area contributed by atoms with Crippen molar-refractivity contribution in [3.8, 4) is 11.3 Å². The molecule has 2 aromatic rings. The second-order valence-corrected chi connectivity index (χ2v) is 7.18. The third-order valence-corrected chi connectivity index (χ3v) is 5.45. The number of benzene rings is 1. The molecule has 1 saturated heterocycles. The topological polar surface area (TPSA) is 64.6 Å². The number of aliphatic imine (C=N–C) groups is 1. The van der Waals surface area contributed by atoms with Crippen LogP contribution < -0.4 is 0 Å². The molecule has 0 atom stereocenters. The highest BCUT2D eigenvalue weighted by atomic mass is 32.2. The van der Waals surface area contributed by atoms with Crippen molar-refractivity contribution in [1.29, 1.82) is 0 Å². The van der Waals surface area contributed by atoms with Crippen LogP contribution >= 0.6 is 11.8 Å². The minimum atomic E-state index is -0.167. The first-order chi connectivity index (χ1) is 12.2. The van der Waals surface area contributed by atoms with Crippen LogP contribution in [0, 0.1) is 0 Å². The number of carbonyl (C=O) groups is 1. The van der Waals surface area contributed by atoms with Gasteiger partial charge in [-0.05, 0) is 24.9 Å². The maximum absolute atomic E-state index is 12.3. The molecule has 0 aliphatic carbocycles. The van der Waals surface area contributed by atoms with Gasteiger partial charge >= 0.3 is 0 Å². The Morgan fingerprint density at radius 3 is 2.68 bits per heavy atom. The fourth-order valence-electron chi connectivity index (χ4n) is 2.91. The Labute approximate surface area is 150 Å². The monoisotopic (exact) mass is 353 g/mol. The molecule has 1 aromatic heterocycles. The van der Waals surface area contributed by atoms with Crippen LogP contribution in [0.2, 0.25) is 0 Å². The quantitative estimate of drug-likeness (QED) is 0.839. The third-order valence-electron chi connectivity index (χ3n) is 4.40. The van der Waals surface area contributed by atoms with Gasteiger partial charge in [0.05, 0.1) is 16.8 Å². The summed E-state index contributed by atoms with van der Waals surface area (Å²) >= 11 is 1.46. The fraction of sp³-hybridized carbons (Fsp3) is 0.278. The average Bonchev–Trinajstić information content (AvgIpc) is 3.24. The second-order valence-electron chi connectivity index (χ2n) is 6.17. The molecule has 0 radical (unpaired) electrons. The largest absolute Gasteiger partial charge is 0.348 e. The van der Waals surface area contributed by atoms with Gasteiger partial charge in [0.25, 0.3) is 5.91 Å². The van der Waals surface area contributed by atoms with Gasteiger partial charge in [0.2, 0.25) is 0 Å². The maximum Gasteiger partial charge on any atom is 0.286 e. The number of amidine groups is 1. The van der Waals surface area contributed by atoms with Crippen LogP contribution in [0.15, 0.2) is 46.4 Å². The number of aromatic nitrogens is 2. The van der Waals surface area contributed by atoms with E-state index in [1.165, 1.54) is 11.8 Å². The second kappa shape index (κ2) is 6.85. The number of rotatable bonds is 2. The van der Waals surface area contributed by atoms with Crippen LogP contribution in [0.1, 0.15) is 5.56 Å². The van der Waals surface area contributed by atoms with Gasteiger partial charge in [-0.25, -0.2) is 0 Å². The third kappa shape index (κ3) is 3.38. The number of likely N-dealkylation sites (N-methyl/N-ethyl adjacent to an activating group) is 1. The predicted octanol–water partition coefficient (Wildman–Crippen LogP) is 2.29. The summed E-state index contributed by atoms with van der Waals surface area (Å²) < 4.78 is 0. The zero-order valence-corrected chi connectivity index (χ0v) is 14.8. The molecular weight excluding hydrogens is 334 g/mol. The summed E-state index contributed by atoms with van der Waals surface area (Å²) in [5.41, 5.74) is 2.86. The lowest BCUT2D eigenvalue weighted by Gasteiger charge is -2.32. The summed E-state index contributed by atoms with van der Waals surface area (Å²) in [5, 5.41) is 7.98. The van der Waals surface area contributed by atoms with Crippen molar-refractivity contribution in [1.82, 2.24) is 20.0 Å². The van der Waals surface area contributed by atoms with E-state index < -0.39 is 0 Å². The zero-order valence-electron chi connectivity index (χ0n) is 14.0. The molecule has 6 nitrogen and oxygen atoms in total. The van der Waals surface area contributed by atoms with Crippen LogP contribution in [-0.4, -0.2) is 64.3 Å². The van der Waals surface area contributed by atoms with E-state index in [2.05, 4.69) is 32.0 Å². The molecule has 2 aliphatic rings. The Morgan fingerprint density at radius 1 is 1.16 bits per heavy atom. The van der Waals surface area contributed by atoms with E-state index in [9.17, 15) is 4.79 Å². The highest BCUT2D eigenvalue weighted by molar-refractivity contribution is 8.18. The van der Waals surface area contributed by atoms with Gasteiger partial charge in [0.15, 0.2) is 5.17 Å². The molecule has 4 rings (SSSR count). The van der Waals surface area contributed by atoms with Crippen molar-refractivity contribution in [2.45, 2.75) is 0 Å². The summed E-state index contributed by atoms with van der Waals surface area (Å²) in [4.78, 5) is 21.7. The molecule has 0 unspecified atom stereocenters. The highest BCUT2D eigenvalue weighted by Crippen LogP contribution is 2.32. The lowest BCUT2D eigenvalue weighted by Crippen LogP contribution is -2.46. The maximum atomic E-state index is 12.3. The Morgan fingerprint density at radius 2 is 1.92 bits per heavy atom. The first-order valence-electron chi connectivity index (χ1n) is 8.25. The molecule has 1 N–H and O–H groups in total. The van der Waals surface area contributed by atoms with Gasteiger partial charge in [0.1, 0.15) is 0 Å². The molecule has 1 fully saturated rings. The number of carbonyl (C=O) groups excluding carboxylic acids is 1. The number of aromatic amines is 1. The van der Waals surface area contributed by atoms with E-state index in [1.54, 1.807) is 6.20 Å². The van der Waals surface area contributed by atoms with Crippen molar-refractivity contribution in [2.24, 2.45) is 4.99 Å². The number of piperazine rings is 1. The van der Waals surface area contributed by atoms with Gasteiger partial charge in [-0.1, -0.05) is 30.3 Å². The number of amides is 1. The summed E-state index contributed by atoms with van der Waals surface area (Å²) in [7, 11) is 2.11. The van der Waals surface area contributed by atoms with E-state index in [-0.39, 0.29) is 5.91 Å². The number of nitrogens with one attached hydrogen (secondary N) is 1. The fourth-order valence-corrected chi connectivity index (χ4v) is 3.87. The van der Waals surface area contributed by atoms with E-state index in [1.807, 2.05) is 36.4 Å². The lowest BCUT2D eigenvalue weighted by molar-refractivity contribution is -0.113. The summed E-state index contributed by atoms with van der Waals surface area (Å²) in [6.07, 6.45) is 3.63. The molecule has 1 aromatic carbocycles. The van der Waals surface area contributed by atoms with E-state index >= 15 is 0 Å². The predicted molar refractivity (Wildman–Crippen MR) is 101 cm³/mol. The van der Waals surface area contributed by atoms with Crippen molar-refractivity contribution in [3.63, 3.8) is 0 Å². The Balaban J connectivity index is 1.54. The zero-order chi connectivity index (χ0) is 17.2. The summed E-state index contributed by atoms with van der Waals surface area (Å²) in [6.45, 7) is 3.80. The van der Waals surface area contributed by atoms with Crippen LogP contribution in [0.4, 0.5) is 0 Å². The van der Waals surface area contributed by atoms with E-state index in [0.29, 0.717) is 4.91 Å². The van der Waals surface area contributed by atoms with Crippen LogP contribution in [0.3, 0.4) is 0 Å². The van der Waals surface area contributed by atoms with Gasteiger partial charge in [-0.15, -0.1) is 0 Å². The molecule has 128 valence electrons.